The maximum Gasteiger partial charge on any atom is 0.243 e. The van der Waals surface area contributed by atoms with Crippen LogP contribution in [0.15, 0.2) is 59.6 Å². The minimum absolute atomic E-state index is 0.0176. The van der Waals surface area contributed by atoms with Gasteiger partial charge in [-0.2, -0.15) is 9.29 Å². The molecule has 3 N–H and O–H groups in total. The Morgan fingerprint density at radius 1 is 1.05 bits per heavy atom. The summed E-state index contributed by atoms with van der Waals surface area (Å²) < 4.78 is 41.4. The first kappa shape index (κ1) is 28.4. The third-order valence-electron chi connectivity index (χ3n) is 6.62. The van der Waals surface area contributed by atoms with Gasteiger partial charge in [-0.25, -0.2) is 17.8 Å². The van der Waals surface area contributed by atoms with E-state index in [1.807, 2.05) is 0 Å². The van der Waals surface area contributed by atoms with Crippen LogP contribution in [0, 0.1) is 18.7 Å². The molecular formula is C27H34FN7O3S. The van der Waals surface area contributed by atoms with E-state index in [9.17, 15) is 17.6 Å². The second-order valence-corrected chi connectivity index (χ2v) is 11.7. The molecule has 12 heteroatoms. The van der Waals surface area contributed by atoms with Gasteiger partial charge in [0.05, 0.1) is 11.4 Å². The molecule has 0 unspecified atom stereocenters. The van der Waals surface area contributed by atoms with Gasteiger partial charge in [0, 0.05) is 44.8 Å². The molecule has 0 bridgehead atoms. The van der Waals surface area contributed by atoms with Crippen LogP contribution in [-0.4, -0.2) is 73.8 Å². The smallest absolute Gasteiger partial charge is 0.243 e. The van der Waals surface area contributed by atoms with Gasteiger partial charge in [-0.3, -0.25) is 4.79 Å². The van der Waals surface area contributed by atoms with E-state index in [0.29, 0.717) is 54.3 Å². The Balaban J connectivity index is 1.31. The maximum absolute atomic E-state index is 13.5. The summed E-state index contributed by atoms with van der Waals surface area (Å²) in [5.41, 5.74) is 1.87. The van der Waals surface area contributed by atoms with Crippen LogP contribution >= 0.6 is 0 Å². The molecule has 1 aliphatic rings. The number of hydrogen-bond acceptors (Lipinski definition) is 8. The highest BCUT2D eigenvalue weighted by molar-refractivity contribution is 7.89. The lowest BCUT2D eigenvalue weighted by molar-refractivity contribution is -0.127. The lowest BCUT2D eigenvalue weighted by Gasteiger charge is -2.31. The first-order valence-corrected chi connectivity index (χ1v) is 14.2. The highest BCUT2D eigenvalue weighted by Gasteiger charge is 2.29. The molecule has 2 aromatic carbocycles. The van der Waals surface area contributed by atoms with E-state index in [4.69, 9.17) is 0 Å². The summed E-state index contributed by atoms with van der Waals surface area (Å²) in [6, 6.07) is 12.9. The zero-order valence-electron chi connectivity index (χ0n) is 22.3. The Morgan fingerprint density at radius 2 is 1.74 bits per heavy atom. The number of amides is 1. The van der Waals surface area contributed by atoms with Crippen molar-refractivity contribution in [1.82, 2.24) is 24.5 Å². The van der Waals surface area contributed by atoms with Crippen LogP contribution in [0.5, 0.6) is 0 Å². The van der Waals surface area contributed by atoms with Crippen molar-refractivity contribution in [2.75, 3.05) is 50.9 Å². The van der Waals surface area contributed by atoms with Gasteiger partial charge in [-0.1, -0.05) is 0 Å². The van der Waals surface area contributed by atoms with E-state index in [-0.39, 0.29) is 23.2 Å². The van der Waals surface area contributed by atoms with Gasteiger partial charge in [-0.15, -0.1) is 0 Å². The van der Waals surface area contributed by atoms with Crippen LogP contribution in [0.4, 0.5) is 27.5 Å². The molecule has 10 nitrogen and oxygen atoms in total. The van der Waals surface area contributed by atoms with E-state index in [2.05, 4.69) is 25.9 Å². The molecule has 1 fully saturated rings. The lowest BCUT2D eigenvalue weighted by Crippen LogP contribution is -2.42. The maximum atomic E-state index is 13.5. The Morgan fingerprint density at radius 3 is 2.41 bits per heavy atom. The number of anilines is 4. The number of nitrogens with zero attached hydrogens (tertiary/aromatic N) is 4. The van der Waals surface area contributed by atoms with Crippen LogP contribution in [0.25, 0.3) is 0 Å². The molecule has 0 aliphatic carbocycles. The number of aromatic nitrogens is 2. The van der Waals surface area contributed by atoms with Crippen molar-refractivity contribution in [1.29, 1.82) is 0 Å². The molecule has 3 aromatic rings. The standard InChI is InChI=1S/C27H34FN7O3S/c1-19-16-22(6-9-24(19)28)31-25-10-13-30-27(33-25)32-21-4-7-23(8-5-21)39(37,38)35-14-11-20(12-15-35)17-29-18-26(36)34(2)3/h4-10,13,16,20,29H,11-12,14-15,17-18H2,1-3H3,(H2,30,31,32,33). The van der Waals surface area contributed by atoms with Gasteiger partial charge in [0.15, 0.2) is 0 Å². The molecule has 0 saturated carbocycles. The van der Waals surface area contributed by atoms with E-state index in [1.54, 1.807) is 74.6 Å². The van der Waals surface area contributed by atoms with Gasteiger partial charge < -0.3 is 20.9 Å². The quantitative estimate of drug-likeness (QED) is 0.348. The molecule has 4 rings (SSSR count). The first-order valence-electron chi connectivity index (χ1n) is 12.8. The van der Waals surface area contributed by atoms with Gasteiger partial charge >= 0.3 is 0 Å². The third kappa shape index (κ3) is 7.49. The Hall–Kier alpha value is -3.61. The summed E-state index contributed by atoms with van der Waals surface area (Å²) in [7, 11) is -0.173. The SMILES string of the molecule is Cc1cc(Nc2ccnc(Nc3ccc(S(=O)(=O)N4CCC(CNCC(=O)N(C)C)CC4)cc3)n2)ccc1F. The number of likely N-dealkylation sites (N-methyl/N-ethyl adjacent to an activating group) is 1. The van der Waals surface area contributed by atoms with Crippen molar-refractivity contribution in [3.63, 3.8) is 0 Å². The number of piperidine rings is 1. The number of sulfonamides is 1. The van der Waals surface area contributed by atoms with Crippen LogP contribution in [0.2, 0.25) is 0 Å². The summed E-state index contributed by atoms with van der Waals surface area (Å²) in [6.07, 6.45) is 3.06. The highest BCUT2D eigenvalue weighted by atomic mass is 32.2. The number of halogens is 1. The molecule has 39 heavy (non-hydrogen) atoms. The summed E-state index contributed by atoms with van der Waals surface area (Å²) in [5, 5.41) is 9.38. The van der Waals surface area contributed by atoms with Crippen LogP contribution in [0.1, 0.15) is 18.4 Å². The van der Waals surface area contributed by atoms with Gasteiger partial charge in [0.2, 0.25) is 21.9 Å². The predicted molar refractivity (Wildman–Crippen MR) is 149 cm³/mol. The number of carbonyl (C=O) groups is 1. The number of rotatable bonds is 10. The molecule has 0 atom stereocenters. The van der Waals surface area contributed by atoms with Gasteiger partial charge in [0.1, 0.15) is 11.6 Å². The monoisotopic (exact) mass is 555 g/mol. The minimum atomic E-state index is -3.61. The molecule has 1 saturated heterocycles. The summed E-state index contributed by atoms with van der Waals surface area (Å²) >= 11 is 0. The largest absolute Gasteiger partial charge is 0.348 e. The molecular weight excluding hydrogens is 521 g/mol. The highest BCUT2D eigenvalue weighted by Crippen LogP contribution is 2.25. The lowest BCUT2D eigenvalue weighted by atomic mass is 9.98. The fraction of sp³-hybridized carbons (Fsp3) is 0.370. The molecule has 0 radical (unpaired) electrons. The fourth-order valence-corrected chi connectivity index (χ4v) is 5.71. The molecule has 2 heterocycles. The van der Waals surface area contributed by atoms with E-state index >= 15 is 0 Å². The topological polar surface area (TPSA) is 120 Å². The average Bonchev–Trinajstić information content (AvgIpc) is 2.91. The van der Waals surface area contributed by atoms with Crippen molar-refractivity contribution in [3.05, 3.63) is 66.1 Å². The van der Waals surface area contributed by atoms with Crippen LogP contribution in [0.3, 0.4) is 0 Å². The van der Waals surface area contributed by atoms with Crippen LogP contribution < -0.4 is 16.0 Å². The number of hydrogen-bond donors (Lipinski definition) is 3. The van der Waals surface area contributed by atoms with Crippen molar-refractivity contribution >= 4 is 39.1 Å². The zero-order chi connectivity index (χ0) is 28.0. The first-order chi connectivity index (χ1) is 18.6. The number of nitrogens with one attached hydrogen (secondary N) is 3. The van der Waals surface area contributed by atoms with E-state index in [1.165, 1.54) is 10.4 Å². The normalized spacial score (nSPS) is 14.7. The number of carbonyl (C=O) groups excluding carboxylic acids is 1. The Labute approximate surface area is 228 Å². The summed E-state index contributed by atoms with van der Waals surface area (Å²) in [4.78, 5) is 22.1. The van der Waals surface area contributed by atoms with Crippen molar-refractivity contribution in [2.24, 2.45) is 5.92 Å². The molecule has 1 aromatic heterocycles. The van der Waals surface area contributed by atoms with Gasteiger partial charge in [-0.05, 0) is 86.3 Å². The molecule has 1 amide bonds. The third-order valence-corrected chi connectivity index (χ3v) is 8.53. The second kappa shape index (κ2) is 12.5. The minimum Gasteiger partial charge on any atom is -0.348 e. The van der Waals surface area contributed by atoms with Crippen LogP contribution in [-0.2, 0) is 14.8 Å². The Kier molecular flexibility index (Phi) is 9.10. The number of aryl methyl sites for hydroxylation is 1. The molecule has 208 valence electrons. The summed E-state index contributed by atoms with van der Waals surface area (Å²) in [5.74, 6) is 0.931. The van der Waals surface area contributed by atoms with E-state index < -0.39 is 10.0 Å². The average molecular weight is 556 g/mol. The van der Waals surface area contributed by atoms with Crippen molar-refractivity contribution < 1.29 is 17.6 Å². The fourth-order valence-electron chi connectivity index (χ4n) is 4.24. The second-order valence-electron chi connectivity index (χ2n) is 9.77. The van der Waals surface area contributed by atoms with E-state index in [0.717, 1.165) is 12.8 Å². The van der Waals surface area contributed by atoms with Crippen molar-refractivity contribution in [3.8, 4) is 0 Å². The predicted octanol–water partition coefficient (Wildman–Crippen LogP) is 3.49. The molecule has 0 spiro atoms. The van der Waals surface area contributed by atoms with Crippen molar-refractivity contribution in [2.45, 2.75) is 24.7 Å². The zero-order valence-corrected chi connectivity index (χ0v) is 23.1. The Bertz CT molecular complexity index is 1390. The van der Waals surface area contributed by atoms with Gasteiger partial charge in [0.25, 0.3) is 0 Å². The number of benzene rings is 2. The molecule has 1 aliphatic heterocycles. The summed E-state index contributed by atoms with van der Waals surface area (Å²) in [6.45, 7) is 3.55.